The molecule has 0 aliphatic carbocycles. The minimum absolute atomic E-state index is 0.837. The first kappa shape index (κ1) is 10.3. The number of hydrogen-bond donors (Lipinski definition) is 1. The molecule has 0 rings (SSSR count). The van der Waals surface area contributed by atoms with E-state index >= 15 is 0 Å². The van der Waals surface area contributed by atoms with E-state index in [1.54, 1.807) is 19.1 Å². The molecule has 0 spiro atoms. The van der Waals surface area contributed by atoms with E-state index in [0.717, 1.165) is 18.9 Å². The molecule has 3 heteroatoms. The van der Waals surface area contributed by atoms with Crippen LogP contribution < -0.4 is 4.72 Å². The summed E-state index contributed by atoms with van der Waals surface area (Å²) < 4.78 is 8.15. The Balaban J connectivity index is 2.65. The van der Waals surface area contributed by atoms with E-state index in [1.165, 1.54) is 12.8 Å². The summed E-state index contributed by atoms with van der Waals surface area (Å²) in [6, 6.07) is 0. The van der Waals surface area contributed by atoms with Gasteiger partial charge >= 0.3 is 0 Å². The van der Waals surface area contributed by atoms with E-state index in [-0.39, 0.29) is 0 Å². The van der Waals surface area contributed by atoms with Gasteiger partial charge in [-0.25, -0.2) is 0 Å². The predicted molar refractivity (Wildman–Crippen MR) is 47.2 cm³/mol. The maximum atomic E-state index is 4.89. The summed E-state index contributed by atoms with van der Waals surface area (Å²) in [7, 11) is 1.73. The monoisotopic (exact) mass is 163 g/mol. The zero-order valence-electron chi connectivity index (χ0n) is 6.85. The Morgan fingerprint density at radius 1 is 1.50 bits per heavy atom. The van der Waals surface area contributed by atoms with Gasteiger partial charge in [-0.2, -0.15) is 0 Å². The van der Waals surface area contributed by atoms with Gasteiger partial charge in [0.05, 0.1) is 6.61 Å². The number of hydrogen-bond acceptors (Lipinski definition) is 3. The van der Waals surface area contributed by atoms with Crippen LogP contribution in [0.25, 0.3) is 0 Å². The van der Waals surface area contributed by atoms with Crippen LogP contribution in [0.3, 0.4) is 0 Å². The Labute approximate surface area is 67.9 Å². The first-order valence-electron chi connectivity index (χ1n) is 3.75. The molecule has 0 fully saturated rings. The third-order valence-corrected chi connectivity index (χ3v) is 1.90. The Hall–Kier alpha value is 0.270. The molecule has 0 saturated carbocycles. The van der Waals surface area contributed by atoms with Gasteiger partial charge in [-0.05, 0) is 6.42 Å². The van der Waals surface area contributed by atoms with Crippen LogP contribution in [-0.4, -0.2) is 26.0 Å². The quantitative estimate of drug-likeness (QED) is 0.455. The van der Waals surface area contributed by atoms with Crippen molar-refractivity contribution in [3.63, 3.8) is 0 Å². The second-order valence-electron chi connectivity index (χ2n) is 2.09. The SMILES string of the molecule is CCCCNSCCOC. The minimum atomic E-state index is 0.837. The third-order valence-electron chi connectivity index (χ3n) is 1.12. The van der Waals surface area contributed by atoms with Gasteiger partial charge in [0.25, 0.3) is 0 Å². The average Bonchev–Trinajstić information content (AvgIpc) is 1.97. The zero-order chi connectivity index (χ0) is 7.66. The van der Waals surface area contributed by atoms with Gasteiger partial charge in [0.1, 0.15) is 0 Å². The summed E-state index contributed by atoms with van der Waals surface area (Å²) in [4.78, 5) is 0. The van der Waals surface area contributed by atoms with E-state index in [2.05, 4.69) is 11.6 Å². The summed E-state index contributed by atoms with van der Waals surface area (Å²) >= 11 is 1.74. The molecular formula is C7H17NOS. The molecule has 1 N–H and O–H groups in total. The summed E-state index contributed by atoms with van der Waals surface area (Å²) in [6.45, 7) is 4.15. The number of rotatable bonds is 7. The van der Waals surface area contributed by atoms with E-state index in [0.29, 0.717) is 0 Å². The fourth-order valence-electron chi connectivity index (χ4n) is 0.518. The lowest BCUT2D eigenvalue weighted by atomic mass is 10.3. The molecule has 0 aromatic rings. The van der Waals surface area contributed by atoms with Crippen LogP contribution in [0.5, 0.6) is 0 Å². The molecule has 0 aromatic heterocycles. The van der Waals surface area contributed by atoms with Crippen molar-refractivity contribution in [2.75, 3.05) is 26.0 Å². The normalized spacial score (nSPS) is 10.2. The lowest BCUT2D eigenvalue weighted by molar-refractivity contribution is 0.218. The topological polar surface area (TPSA) is 21.3 Å². The molecule has 0 radical (unpaired) electrons. The smallest absolute Gasteiger partial charge is 0.0565 e. The van der Waals surface area contributed by atoms with Gasteiger partial charge in [-0.3, -0.25) is 4.72 Å². The highest BCUT2D eigenvalue weighted by Crippen LogP contribution is 1.93. The van der Waals surface area contributed by atoms with Crippen molar-refractivity contribution in [1.82, 2.24) is 4.72 Å². The van der Waals surface area contributed by atoms with E-state index in [4.69, 9.17) is 4.74 Å². The Bertz CT molecular complexity index is 53.6. The maximum Gasteiger partial charge on any atom is 0.0565 e. The van der Waals surface area contributed by atoms with Crippen LogP contribution in [-0.2, 0) is 4.74 Å². The first-order chi connectivity index (χ1) is 4.91. The van der Waals surface area contributed by atoms with Gasteiger partial charge in [-0.15, -0.1) is 0 Å². The highest BCUT2D eigenvalue weighted by Gasteiger charge is 1.85. The standard InChI is InChI=1S/C7H17NOS/c1-3-4-5-8-10-7-6-9-2/h8H,3-7H2,1-2H3. The van der Waals surface area contributed by atoms with E-state index in [1.807, 2.05) is 0 Å². The van der Waals surface area contributed by atoms with Crippen LogP contribution in [0.1, 0.15) is 19.8 Å². The number of ether oxygens (including phenoxy) is 1. The first-order valence-corrected chi connectivity index (χ1v) is 4.74. The highest BCUT2D eigenvalue weighted by molar-refractivity contribution is 7.97. The minimum Gasteiger partial charge on any atom is -0.384 e. The van der Waals surface area contributed by atoms with Gasteiger partial charge in [0.15, 0.2) is 0 Å². The van der Waals surface area contributed by atoms with Crippen molar-refractivity contribution in [3.8, 4) is 0 Å². The van der Waals surface area contributed by atoms with Gasteiger partial charge in [0, 0.05) is 19.4 Å². The molecule has 0 aliphatic rings. The number of methoxy groups -OCH3 is 1. The predicted octanol–water partition coefficient (Wildman–Crippen LogP) is 1.67. The average molecular weight is 163 g/mol. The molecule has 0 heterocycles. The Kier molecular flexibility index (Phi) is 9.52. The van der Waals surface area contributed by atoms with Crippen LogP contribution in [0.2, 0.25) is 0 Å². The van der Waals surface area contributed by atoms with Gasteiger partial charge < -0.3 is 4.74 Å². The summed E-state index contributed by atoms with van der Waals surface area (Å²) in [5.41, 5.74) is 0. The number of unbranched alkanes of at least 4 members (excludes halogenated alkanes) is 1. The summed E-state index contributed by atoms with van der Waals surface area (Å²) in [5, 5.41) is 0. The maximum absolute atomic E-state index is 4.89. The molecule has 0 aromatic carbocycles. The fourth-order valence-corrected chi connectivity index (χ4v) is 1.20. The Morgan fingerprint density at radius 3 is 2.90 bits per heavy atom. The molecule has 0 atom stereocenters. The number of nitrogens with one attached hydrogen (secondary N) is 1. The van der Waals surface area contributed by atoms with Gasteiger partial charge in [0.2, 0.25) is 0 Å². The molecule has 10 heavy (non-hydrogen) atoms. The van der Waals surface area contributed by atoms with Crippen molar-refractivity contribution in [2.24, 2.45) is 0 Å². The summed E-state index contributed by atoms with van der Waals surface area (Å²) in [5.74, 6) is 1.04. The Morgan fingerprint density at radius 2 is 2.30 bits per heavy atom. The molecule has 0 unspecified atom stereocenters. The third kappa shape index (κ3) is 8.27. The van der Waals surface area contributed by atoms with Crippen molar-refractivity contribution in [2.45, 2.75) is 19.8 Å². The van der Waals surface area contributed by atoms with Crippen molar-refractivity contribution in [1.29, 1.82) is 0 Å². The van der Waals surface area contributed by atoms with Gasteiger partial charge in [-0.1, -0.05) is 25.3 Å². The fraction of sp³-hybridized carbons (Fsp3) is 1.00. The molecular weight excluding hydrogens is 146 g/mol. The molecule has 62 valence electrons. The van der Waals surface area contributed by atoms with Crippen LogP contribution in [0.4, 0.5) is 0 Å². The lowest BCUT2D eigenvalue weighted by Crippen LogP contribution is -2.07. The largest absolute Gasteiger partial charge is 0.384 e. The van der Waals surface area contributed by atoms with Crippen LogP contribution in [0, 0.1) is 0 Å². The highest BCUT2D eigenvalue weighted by atomic mass is 32.2. The van der Waals surface area contributed by atoms with Crippen LogP contribution in [0.15, 0.2) is 0 Å². The second kappa shape index (κ2) is 9.27. The molecule has 0 amide bonds. The molecule has 0 aliphatic heterocycles. The lowest BCUT2D eigenvalue weighted by Gasteiger charge is -2.00. The summed E-state index contributed by atoms with van der Waals surface area (Å²) in [6.07, 6.45) is 2.53. The van der Waals surface area contributed by atoms with Crippen molar-refractivity contribution < 1.29 is 4.74 Å². The molecule has 2 nitrogen and oxygen atoms in total. The van der Waals surface area contributed by atoms with Crippen LogP contribution >= 0.6 is 11.9 Å². The van der Waals surface area contributed by atoms with Crippen molar-refractivity contribution in [3.05, 3.63) is 0 Å². The molecule has 0 bridgehead atoms. The van der Waals surface area contributed by atoms with E-state index < -0.39 is 0 Å². The van der Waals surface area contributed by atoms with E-state index in [9.17, 15) is 0 Å². The molecule has 0 saturated heterocycles. The van der Waals surface area contributed by atoms with Crippen molar-refractivity contribution >= 4 is 11.9 Å². The second-order valence-corrected chi connectivity index (χ2v) is 3.07. The zero-order valence-corrected chi connectivity index (χ0v) is 7.67.